The Morgan fingerprint density at radius 3 is 2.13 bits per heavy atom. The second-order valence-corrected chi connectivity index (χ2v) is 12.2. The third-order valence-electron chi connectivity index (χ3n) is 8.05. The summed E-state index contributed by atoms with van der Waals surface area (Å²) in [6.45, 7) is 5.17. The van der Waals surface area contributed by atoms with Crippen LogP contribution in [0, 0.1) is 11.7 Å². The molecule has 0 bridgehead atoms. The van der Waals surface area contributed by atoms with Gasteiger partial charge in [-0.05, 0) is 86.4 Å². The highest BCUT2D eigenvalue weighted by Crippen LogP contribution is 2.40. The number of nitrogens with zero attached hydrogens (tertiary/aromatic N) is 4. The average molecular weight is 659 g/mol. The van der Waals surface area contributed by atoms with Crippen LogP contribution in [0.25, 0.3) is 0 Å². The molecule has 0 N–H and O–H groups in total. The first-order valence-electron chi connectivity index (χ1n) is 14.8. The molecule has 13 heteroatoms. The van der Waals surface area contributed by atoms with Gasteiger partial charge in [-0.1, -0.05) is 12.8 Å². The summed E-state index contributed by atoms with van der Waals surface area (Å²) >= 11 is 1.58. The van der Waals surface area contributed by atoms with Gasteiger partial charge in [0.1, 0.15) is 5.82 Å². The molecule has 1 saturated carbocycles. The number of aromatic nitrogens is 2. The van der Waals surface area contributed by atoms with Gasteiger partial charge in [0.2, 0.25) is 5.95 Å². The van der Waals surface area contributed by atoms with E-state index in [1.165, 1.54) is 36.4 Å². The summed E-state index contributed by atoms with van der Waals surface area (Å²) in [6, 6.07) is 4.81. The molecule has 1 heterocycles. The highest BCUT2D eigenvalue weighted by molar-refractivity contribution is 7.98. The van der Waals surface area contributed by atoms with Gasteiger partial charge in [0.05, 0.1) is 36.2 Å². The molecular formula is C32H37F7N4OS. The Bertz CT molecular complexity index is 1360. The second-order valence-electron chi connectivity index (χ2n) is 11.2. The minimum atomic E-state index is -5.01. The molecule has 2 aromatic carbocycles. The largest absolute Gasteiger partial charge is 0.489 e. The van der Waals surface area contributed by atoms with Gasteiger partial charge < -0.3 is 14.5 Å². The number of thioether (sulfide) groups is 1. The van der Waals surface area contributed by atoms with E-state index >= 15 is 0 Å². The molecule has 45 heavy (non-hydrogen) atoms. The van der Waals surface area contributed by atoms with Gasteiger partial charge >= 0.3 is 12.4 Å². The molecule has 0 amide bonds. The van der Waals surface area contributed by atoms with E-state index in [1.54, 1.807) is 17.8 Å². The van der Waals surface area contributed by atoms with Gasteiger partial charge in [0.15, 0.2) is 5.75 Å². The lowest BCUT2D eigenvalue weighted by molar-refractivity contribution is -0.143. The zero-order valence-electron chi connectivity index (χ0n) is 25.4. The number of hydrogen-bond acceptors (Lipinski definition) is 6. The van der Waals surface area contributed by atoms with Gasteiger partial charge in [-0.25, -0.2) is 14.4 Å². The Balaban J connectivity index is 1.78. The van der Waals surface area contributed by atoms with Crippen LogP contribution in [0.1, 0.15) is 67.8 Å². The van der Waals surface area contributed by atoms with Crippen molar-refractivity contribution in [2.75, 3.05) is 41.5 Å². The summed E-state index contributed by atoms with van der Waals surface area (Å²) in [5.74, 6) is 1.08. The van der Waals surface area contributed by atoms with E-state index in [9.17, 15) is 30.7 Å². The first-order chi connectivity index (χ1) is 21.3. The molecule has 0 spiro atoms. The number of anilines is 2. The summed E-state index contributed by atoms with van der Waals surface area (Å²) in [6.07, 6.45) is -0.812. The van der Waals surface area contributed by atoms with Crippen LogP contribution in [0.4, 0.5) is 42.4 Å². The lowest BCUT2D eigenvalue weighted by Gasteiger charge is -2.33. The molecule has 246 valence electrons. The van der Waals surface area contributed by atoms with Crippen LogP contribution in [0.3, 0.4) is 0 Å². The van der Waals surface area contributed by atoms with Crippen LogP contribution >= 0.6 is 11.8 Å². The van der Waals surface area contributed by atoms with Crippen molar-refractivity contribution in [3.63, 3.8) is 0 Å². The summed E-state index contributed by atoms with van der Waals surface area (Å²) in [7, 11) is 0. The lowest BCUT2D eigenvalue weighted by Crippen LogP contribution is -2.32. The third-order valence-corrected chi connectivity index (χ3v) is 8.62. The minimum Gasteiger partial charge on any atom is -0.489 e. The molecule has 1 aliphatic carbocycles. The van der Waals surface area contributed by atoms with Crippen LogP contribution in [0.15, 0.2) is 48.8 Å². The Hall–Kier alpha value is -3.22. The lowest BCUT2D eigenvalue weighted by atomic mass is 9.98. The molecule has 1 atom stereocenters. The third kappa shape index (κ3) is 9.17. The number of rotatable bonds is 13. The van der Waals surface area contributed by atoms with E-state index in [2.05, 4.69) is 14.9 Å². The van der Waals surface area contributed by atoms with Crippen molar-refractivity contribution in [2.45, 2.75) is 64.5 Å². The molecule has 1 fully saturated rings. The van der Waals surface area contributed by atoms with Crippen molar-refractivity contribution < 1.29 is 35.5 Å². The topological polar surface area (TPSA) is 41.5 Å². The fourth-order valence-electron chi connectivity index (χ4n) is 5.63. The molecule has 1 unspecified atom stereocenters. The molecule has 0 saturated heterocycles. The smallest absolute Gasteiger partial charge is 0.416 e. The zero-order valence-corrected chi connectivity index (χ0v) is 26.2. The van der Waals surface area contributed by atoms with E-state index in [4.69, 9.17) is 4.74 Å². The van der Waals surface area contributed by atoms with Crippen LogP contribution < -0.4 is 14.5 Å². The molecule has 3 aromatic rings. The van der Waals surface area contributed by atoms with Crippen LogP contribution in [-0.4, -0.2) is 41.7 Å². The molecule has 0 aliphatic heterocycles. The molecule has 1 aromatic heterocycles. The highest BCUT2D eigenvalue weighted by atomic mass is 32.2. The highest BCUT2D eigenvalue weighted by Gasteiger charge is 2.38. The standard InChI is InChI=1S/C32H37F7N4OS/c1-4-42(19-22-7-5-6-8-22)29-10-9-27(33)15-24(29)20-43(30-40-17-28(18-41-30)44-11-12-45-3)21(2)23-13-25(31(34,35)36)16-26(14-23)32(37,38)39/h9-10,13-18,21-22H,4-8,11-12,19-20H2,1-3H3. The van der Waals surface area contributed by atoms with Gasteiger partial charge in [0.25, 0.3) is 0 Å². The van der Waals surface area contributed by atoms with Crippen molar-refractivity contribution in [1.82, 2.24) is 9.97 Å². The zero-order chi connectivity index (χ0) is 32.8. The molecule has 1 aliphatic rings. The molecule has 4 rings (SSSR count). The first kappa shape index (κ1) is 34.6. The van der Waals surface area contributed by atoms with Gasteiger partial charge in [0, 0.05) is 31.1 Å². The number of halogens is 7. The average Bonchev–Trinajstić information content (AvgIpc) is 3.51. The maximum atomic E-state index is 14.7. The van der Waals surface area contributed by atoms with E-state index in [-0.39, 0.29) is 24.1 Å². The van der Waals surface area contributed by atoms with Crippen molar-refractivity contribution in [3.05, 3.63) is 76.9 Å². The minimum absolute atomic E-state index is 0.0414. The fraction of sp³-hybridized carbons (Fsp3) is 0.500. The van der Waals surface area contributed by atoms with Crippen molar-refractivity contribution in [3.8, 4) is 5.75 Å². The first-order valence-corrected chi connectivity index (χ1v) is 16.2. The van der Waals surface area contributed by atoms with E-state index in [0.717, 1.165) is 43.7 Å². The monoisotopic (exact) mass is 658 g/mol. The van der Waals surface area contributed by atoms with Gasteiger partial charge in [-0.2, -0.15) is 38.1 Å². The van der Waals surface area contributed by atoms with E-state index in [0.29, 0.717) is 42.5 Å². The fourth-order valence-corrected chi connectivity index (χ4v) is 5.88. The quantitative estimate of drug-likeness (QED) is 0.135. The molecule has 0 radical (unpaired) electrons. The summed E-state index contributed by atoms with van der Waals surface area (Å²) < 4.78 is 103. The van der Waals surface area contributed by atoms with Gasteiger partial charge in [-0.3, -0.25) is 0 Å². The maximum absolute atomic E-state index is 14.7. The predicted molar refractivity (Wildman–Crippen MR) is 163 cm³/mol. The van der Waals surface area contributed by atoms with Crippen molar-refractivity contribution in [2.24, 2.45) is 5.92 Å². The maximum Gasteiger partial charge on any atom is 0.416 e. The molecule has 5 nitrogen and oxygen atoms in total. The van der Waals surface area contributed by atoms with Crippen molar-refractivity contribution >= 4 is 23.4 Å². The van der Waals surface area contributed by atoms with Gasteiger partial charge in [-0.15, -0.1) is 0 Å². The SMILES string of the molecule is CCN(CC1CCCC1)c1ccc(F)cc1CN(c1ncc(OCCSC)cn1)C(C)c1cc(C(F)(F)F)cc(C(F)(F)F)c1. The summed E-state index contributed by atoms with van der Waals surface area (Å²) in [5.41, 5.74) is -1.83. The number of hydrogen-bond donors (Lipinski definition) is 0. The van der Waals surface area contributed by atoms with Crippen LogP contribution in [0.5, 0.6) is 5.75 Å². The van der Waals surface area contributed by atoms with Crippen LogP contribution in [-0.2, 0) is 18.9 Å². The normalized spacial score (nSPS) is 14.9. The molecular weight excluding hydrogens is 621 g/mol. The number of alkyl halides is 6. The Kier molecular flexibility index (Phi) is 11.5. The van der Waals surface area contributed by atoms with Crippen LogP contribution in [0.2, 0.25) is 0 Å². The Morgan fingerprint density at radius 1 is 0.956 bits per heavy atom. The van der Waals surface area contributed by atoms with Crippen molar-refractivity contribution in [1.29, 1.82) is 0 Å². The summed E-state index contributed by atoms with van der Waals surface area (Å²) in [4.78, 5) is 12.4. The van der Waals surface area contributed by atoms with E-state index in [1.807, 2.05) is 13.2 Å². The number of benzene rings is 2. The number of ether oxygens (including phenoxy) is 1. The second kappa shape index (κ2) is 14.9. The Morgan fingerprint density at radius 2 is 1.58 bits per heavy atom. The summed E-state index contributed by atoms with van der Waals surface area (Å²) in [5, 5.41) is 0. The predicted octanol–water partition coefficient (Wildman–Crippen LogP) is 9.18. The van der Waals surface area contributed by atoms with E-state index < -0.39 is 35.3 Å². The Labute approximate surface area is 263 Å².